The van der Waals surface area contributed by atoms with Gasteiger partial charge in [0.25, 0.3) is 5.91 Å². The highest BCUT2D eigenvalue weighted by Gasteiger charge is 2.16. The van der Waals surface area contributed by atoms with Gasteiger partial charge in [0, 0.05) is 44.7 Å². The van der Waals surface area contributed by atoms with Gasteiger partial charge in [-0.25, -0.2) is 0 Å². The van der Waals surface area contributed by atoms with Crippen molar-refractivity contribution in [1.82, 2.24) is 30.1 Å². The second-order valence-electron chi connectivity index (χ2n) is 9.18. The van der Waals surface area contributed by atoms with Crippen molar-refractivity contribution in [3.8, 4) is 33.2 Å². The summed E-state index contributed by atoms with van der Waals surface area (Å²) in [5, 5.41) is 12.6. The zero-order valence-corrected chi connectivity index (χ0v) is 21.6. The van der Waals surface area contributed by atoms with Crippen molar-refractivity contribution >= 4 is 44.7 Å². The van der Waals surface area contributed by atoms with Crippen molar-refractivity contribution in [3.05, 3.63) is 102 Å². The summed E-state index contributed by atoms with van der Waals surface area (Å²) in [6.45, 7) is 2.10. The van der Waals surface area contributed by atoms with Crippen molar-refractivity contribution in [2.24, 2.45) is 0 Å². The highest BCUT2D eigenvalue weighted by atomic mass is 32.1. The van der Waals surface area contributed by atoms with E-state index >= 15 is 0 Å². The summed E-state index contributed by atoms with van der Waals surface area (Å²) >= 11 is 1.73. The third kappa shape index (κ3) is 4.24. The maximum absolute atomic E-state index is 12.6. The van der Waals surface area contributed by atoms with Gasteiger partial charge in [0.1, 0.15) is 5.69 Å². The first-order valence-corrected chi connectivity index (χ1v) is 13.1. The van der Waals surface area contributed by atoms with Gasteiger partial charge < -0.3 is 10.3 Å². The third-order valence-corrected chi connectivity index (χ3v) is 7.56. The van der Waals surface area contributed by atoms with E-state index in [9.17, 15) is 4.79 Å². The molecule has 7 aromatic rings. The highest BCUT2D eigenvalue weighted by Crippen LogP contribution is 2.36. The van der Waals surface area contributed by atoms with Crippen LogP contribution in [0, 0.1) is 6.92 Å². The van der Waals surface area contributed by atoms with E-state index in [1.165, 1.54) is 4.88 Å². The number of nitrogens with one attached hydrogen (secondary N) is 3. The number of carbonyl (C=O) groups is 1. The van der Waals surface area contributed by atoms with Crippen molar-refractivity contribution in [2.45, 2.75) is 6.92 Å². The van der Waals surface area contributed by atoms with Crippen LogP contribution < -0.4 is 5.32 Å². The van der Waals surface area contributed by atoms with Crippen LogP contribution in [0.1, 0.15) is 15.2 Å². The number of aryl methyl sites for hydroxylation is 1. The maximum Gasteiger partial charge on any atom is 0.255 e. The van der Waals surface area contributed by atoms with E-state index in [4.69, 9.17) is 0 Å². The Morgan fingerprint density at radius 1 is 0.872 bits per heavy atom. The van der Waals surface area contributed by atoms with Crippen molar-refractivity contribution in [2.75, 3.05) is 5.32 Å². The Morgan fingerprint density at radius 3 is 2.59 bits per heavy atom. The molecule has 8 nitrogen and oxygen atoms in total. The molecule has 39 heavy (non-hydrogen) atoms. The van der Waals surface area contributed by atoms with Gasteiger partial charge in [-0.1, -0.05) is 18.2 Å². The smallest absolute Gasteiger partial charge is 0.255 e. The van der Waals surface area contributed by atoms with Crippen molar-refractivity contribution in [3.63, 3.8) is 0 Å². The number of fused-ring (bicyclic) bond motifs is 2. The van der Waals surface area contributed by atoms with Crippen LogP contribution in [0.3, 0.4) is 0 Å². The first-order chi connectivity index (χ1) is 19.1. The summed E-state index contributed by atoms with van der Waals surface area (Å²) in [5.74, 6) is -0.194. The summed E-state index contributed by atoms with van der Waals surface area (Å²) in [6.07, 6.45) is 6.95. The number of benzene rings is 1. The summed E-state index contributed by atoms with van der Waals surface area (Å²) in [7, 11) is 0. The lowest BCUT2D eigenvalue weighted by atomic mass is 10.1. The number of hydrogen-bond donors (Lipinski definition) is 3. The summed E-state index contributed by atoms with van der Waals surface area (Å²) < 4.78 is 0. The SMILES string of the molecule is Cc1ccc(-c2nccc3[nH]c(-c4n[nH]c5cnc(-c6cncc(NC(=O)c7ccccc7)c6)cc45)cc23)s1. The molecule has 6 aromatic heterocycles. The van der Waals surface area contributed by atoms with Crippen LogP contribution >= 0.6 is 11.3 Å². The zero-order chi connectivity index (χ0) is 26.3. The number of aromatic nitrogens is 6. The number of aromatic amines is 2. The standard InChI is InChI=1S/C30H21N7OS/c1-17-7-8-27(39-17)29-21-13-25(35-23(21)9-10-32-29)28-22-12-24(33-16-26(22)36-37-28)19-11-20(15-31-14-19)34-30(38)18-5-3-2-4-6-18/h2-16,35H,1H3,(H,34,38)(H,36,37). The molecule has 0 radical (unpaired) electrons. The fourth-order valence-corrected chi connectivity index (χ4v) is 5.54. The van der Waals surface area contributed by atoms with Crippen molar-refractivity contribution < 1.29 is 4.79 Å². The van der Waals surface area contributed by atoms with Gasteiger partial charge in [-0.15, -0.1) is 11.3 Å². The Morgan fingerprint density at radius 2 is 1.74 bits per heavy atom. The Kier molecular flexibility index (Phi) is 5.49. The number of thiophene rings is 1. The van der Waals surface area contributed by atoms with Gasteiger partial charge in [-0.3, -0.25) is 24.8 Å². The van der Waals surface area contributed by atoms with E-state index in [0.29, 0.717) is 11.3 Å². The number of nitrogens with zero attached hydrogens (tertiary/aromatic N) is 4. The topological polar surface area (TPSA) is 112 Å². The van der Waals surface area contributed by atoms with Gasteiger partial charge in [0.05, 0.1) is 45.6 Å². The fourth-order valence-electron chi connectivity index (χ4n) is 4.66. The molecule has 0 aliphatic rings. The van der Waals surface area contributed by atoms with E-state index in [1.54, 1.807) is 42.1 Å². The van der Waals surface area contributed by atoms with Crippen LogP contribution in [0.5, 0.6) is 0 Å². The maximum atomic E-state index is 12.6. The number of anilines is 1. The predicted octanol–water partition coefficient (Wildman–Crippen LogP) is 6.85. The van der Waals surface area contributed by atoms with E-state index in [1.807, 2.05) is 42.6 Å². The lowest BCUT2D eigenvalue weighted by Crippen LogP contribution is -2.11. The summed E-state index contributed by atoms with van der Waals surface area (Å²) in [4.78, 5) is 32.1. The van der Waals surface area contributed by atoms with Crippen LogP contribution in [0.25, 0.3) is 55.0 Å². The molecule has 7 rings (SSSR count). The number of pyridine rings is 3. The lowest BCUT2D eigenvalue weighted by Gasteiger charge is -2.07. The minimum Gasteiger partial charge on any atom is -0.353 e. The van der Waals surface area contributed by atoms with Crippen LogP contribution in [0.4, 0.5) is 5.69 Å². The molecule has 6 heterocycles. The summed E-state index contributed by atoms with van der Waals surface area (Å²) in [6, 6.07) is 21.2. The predicted molar refractivity (Wildman–Crippen MR) is 155 cm³/mol. The number of hydrogen-bond acceptors (Lipinski definition) is 6. The number of carbonyl (C=O) groups excluding carboxylic acids is 1. The number of amides is 1. The number of H-pyrrole nitrogens is 2. The first-order valence-electron chi connectivity index (χ1n) is 12.3. The highest BCUT2D eigenvalue weighted by molar-refractivity contribution is 7.15. The molecule has 188 valence electrons. The van der Waals surface area contributed by atoms with E-state index in [0.717, 1.165) is 55.0 Å². The molecule has 1 aromatic carbocycles. The average Bonchev–Trinajstić information content (AvgIpc) is 3.71. The van der Waals surface area contributed by atoms with Crippen molar-refractivity contribution in [1.29, 1.82) is 0 Å². The minimum absolute atomic E-state index is 0.194. The minimum atomic E-state index is -0.194. The molecular formula is C30H21N7OS. The molecule has 0 saturated carbocycles. The molecule has 3 N–H and O–H groups in total. The average molecular weight is 528 g/mol. The van der Waals surface area contributed by atoms with E-state index in [2.05, 4.69) is 60.6 Å². The largest absolute Gasteiger partial charge is 0.353 e. The normalized spacial score (nSPS) is 11.3. The molecule has 1 amide bonds. The van der Waals surface area contributed by atoms with Gasteiger partial charge in [0.2, 0.25) is 0 Å². The first kappa shape index (κ1) is 23.0. The fraction of sp³-hybridized carbons (Fsp3) is 0.0333. The van der Waals surface area contributed by atoms with Gasteiger partial charge in [0.15, 0.2) is 0 Å². The van der Waals surface area contributed by atoms with Gasteiger partial charge in [-0.2, -0.15) is 5.10 Å². The Labute approximate surface area is 226 Å². The molecule has 0 spiro atoms. The van der Waals surface area contributed by atoms with E-state index in [-0.39, 0.29) is 5.91 Å². The Balaban J connectivity index is 1.25. The van der Waals surface area contributed by atoms with Gasteiger partial charge >= 0.3 is 0 Å². The Hall–Kier alpha value is -5.15. The monoisotopic (exact) mass is 527 g/mol. The Bertz CT molecular complexity index is 1990. The molecule has 0 aliphatic heterocycles. The molecule has 9 heteroatoms. The number of rotatable bonds is 5. The second-order valence-corrected chi connectivity index (χ2v) is 10.5. The quantitative estimate of drug-likeness (QED) is 0.227. The second kappa shape index (κ2) is 9.30. The van der Waals surface area contributed by atoms with E-state index < -0.39 is 0 Å². The molecule has 0 atom stereocenters. The zero-order valence-electron chi connectivity index (χ0n) is 20.8. The molecule has 0 unspecified atom stereocenters. The lowest BCUT2D eigenvalue weighted by molar-refractivity contribution is 0.102. The van der Waals surface area contributed by atoms with Crippen LogP contribution in [0.2, 0.25) is 0 Å². The molecule has 0 aliphatic carbocycles. The van der Waals surface area contributed by atoms with Gasteiger partial charge in [-0.05, 0) is 55.5 Å². The molecule has 0 fully saturated rings. The molecule has 0 bridgehead atoms. The summed E-state index contributed by atoms with van der Waals surface area (Å²) in [5.41, 5.74) is 7.13. The van der Waals surface area contributed by atoms with Crippen LogP contribution in [-0.4, -0.2) is 36.0 Å². The third-order valence-electron chi connectivity index (χ3n) is 6.55. The molecule has 0 saturated heterocycles. The van der Waals surface area contributed by atoms with Crippen LogP contribution in [0.15, 0.2) is 91.5 Å². The van der Waals surface area contributed by atoms with Crippen LogP contribution in [-0.2, 0) is 0 Å². The molecular weight excluding hydrogens is 506 g/mol.